The van der Waals surface area contributed by atoms with Crippen molar-refractivity contribution in [3.63, 3.8) is 0 Å². The van der Waals surface area contributed by atoms with E-state index in [1.54, 1.807) is 12.4 Å². The smallest absolute Gasteiger partial charge is 0.236 e. The van der Waals surface area contributed by atoms with E-state index in [2.05, 4.69) is 47.3 Å². The van der Waals surface area contributed by atoms with E-state index in [1.165, 1.54) is 34.2 Å². The third-order valence-corrected chi connectivity index (χ3v) is 4.90. The van der Waals surface area contributed by atoms with Crippen LogP contribution < -0.4 is 5.32 Å². The van der Waals surface area contributed by atoms with Gasteiger partial charge in [0.2, 0.25) is 5.91 Å². The van der Waals surface area contributed by atoms with E-state index in [1.807, 2.05) is 16.1 Å². The van der Waals surface area contributed by atoms with Crippen molar-refractivity contribution >= 4 is 34.1 Å². The van der Waals surface area contributed by atoms with Crippen LogP contribution in [0.5, 0.6) is 0 Å². The van der Waals surface area contributed by atoms with E-state index in [0.717, 1.165) is 10.8 Å². The van der Waals surface area contributed by atoms with Crippen LogP contribution in [0.4, 0.5) is 5.13 Å². The highest BCUT2D eigenvalue weighted by atomic mass is 32.2. The van der Waals surface area contributed by atoms with Crippen molar-refractivity contribution in [2.45, 2.75) is 19.0 Å². The van der Waals surface area contributed by atoms with Crippen LogP contribution in [0.2, 0.25) is 0 Å². The molecule has 0 aliphatic rings. The van der Waals surface area contributed by atoms with Crippen molar-refractivity contribution < 1.29 is 4.79 Å². The average Bonchev–Trinajstić information content (AvgIpc) is 3.19. The summed E-state index contributed by atoms with van der Waals surface area (Å²) < 4.78 is 2.02. The van der Waals surface area contributed by atoms with E-state index in [4.69, 9.17) is 0 Å². The molecule has 5 nitrogen and oxygen atoms in total. The van der Waals surface area contributed by atoms with Gasteiger partial charge in [-0.25, -0.2) is 9.97 Å². The van der Waals surface area contributed by atoms with Crippen LogP contribution >= 0.6 is 23.1 Å². The number of benzene rings is 1. The fourth-order valence-electron chi connectivity index (χ4n) is 2.13. The van der Waals surface area contributed by atoms with E-state index >= 15 is 0 Å². The summed E-state index contributed by atoms with van der Waals surface area (Å²) >= 11 is 2.81. The molecule has 3 rings (SSSR count). The summed E-state index contributed by atoms with van der Waals surface area (Å²) in [6.45, 7) is 4.13. The van der Waals surface area contributed by atoms with E-state index in [0.29, 0.717) is 10.9 Å². The molecule has 1 amide bonds. The number of carbonyl (C=O) groups is 1. The number of thiazole rings is 1. The Morgan fingerprint density at radius 1 is 1.30 bits per heavy atom. The molecule has 0 spiro atoms. The molecule has 1 N–H and O–H groups in total. The first-order valence-electron chi connectivity index (χ1n) is 7.06. The molecule has 0 saturated heterocycles. The molecular formula is C16H16N4OS2. The summed E-state index contributed by atoms with van der Waals surface area (Å²) in [6, 6.07) is 6.30. The highest BCUT2D eigenvalue weighted by molar-refractivity contribution is 7.99. The van der Waals surface area contributed by atoms with Crippen LogP contribution in [0.1, 0.15) is 11.1 Å². The van der Waals surface area contributed by atoms with Crippen LogP contribution in [0, 0.1) is 13.8 Å². The van der Waals surface area contributed by atoms with Gasteiger partial charge in [-0.2, -0.15) is 0 Å². The Hall–Kier alpha value is -2.12. The number of imidazole rings is 1. The lowest BCUT2D eigenvalue weighted by Gasteiger charge is -2.11. The zero-order valence-corrected chi connectivity index (χ0v) is 14.4. The lowest BCUT2D eigenvalue weighted by molar-refractivity contribution is -0.113. The summed E-state index contributed by atoms with van der Waals surface area (Å²) in [5.41, 5.74) is 3.45. The predicted octanol–water partition coefficient (Wildman–Crippen LogP) is 3.68. The molecule has 0 atom stereocenters. The summed E-state index contributed by atoms with van der Waals surface area (Å²) in [5, 5.41) is 6.02. The Kier molecular flexibility index (Phi) is 4.78. The minimum Gasteiger partial charge on any atom is -0.301 e. The second-order valence-electron chi connectivity index (χ2n) is 5.04. The minimum atomic E-state index is -0.0829. The monoisotopic (exact) mass is 344 g/mol. The van der Waals surface area contributed by atoms with Gasteiger partial charge >= 0.3 is 0 Å². The summed E-state index contributed by atoms with van der Waals surface area (Å²) in [4.78, 5) is 20.4. The molecule has 0 aliphatic heterocycles. The van der Waals surface area contributed by atoms with Crippen molar-refractivity contribution in [2.24, 2.45) is 0 Å². The van der Waals surface area contributed by atoms with Crippen LogP contribution in [-0.2, 0) is 4.79 Å². The standard InChI is InChI=1S/C16H16N4OS2/c1-11-3-4-12(2)13(9-11)20-7-5-18-16(20)23-10-14(21)19-15-17-6-8-22-15/h3-9H,10H2,1-2H3,(H,17,19,21). The Morgan fingerprint density at radius 3 is 2.96 bits per heavy atom. The molecule has 1 aromatic carbocycles. The van der Waals surface area contributed by atoms with Crippen molar-refractivity contribution in [2.75, 3.05) is 11.1 Å². The summed E-state index contributed by atoms with van der Waals surface area (Å²) in [5.74, 6) is 0.210. The number of thioether (sulfide) groups is 1. The molecule has 23 heavy (non-hydrogen) atoms. The molecule has 0 saturated carbocycles. The van der Waals surface area contributed by atoms with Gasteiger partial charge in [-0.3, -0.25) is 9.36 Å². The molecule has 118 valence electrons. The molecule has 2 heterocycles. The van der Waals surface area contributed by atoms with E-state index < -0.39 is 0 Å². The SMILES string of the molecule is Cc1ccc(C)c(-n2ccnc2SCC(=O)Nc2nccs2)c1. The van der Waals surface area contributed by atoms with Gasteiger partial charge in [0.25, 0.3) is 0 Å². The van der Waals surface area contributed by atoms with E-state index in [-0.39, 0.29) is 5.91 Å². The third-order valence-electron chi connectivity index (χ3n) is 3.24. The molecule has 3 aromatic rings. The summed E-state index contributed by atoms with van der Waals surface area (Å²) in [7, 11) is 0. The normalized spacial score (nSPS) is 10.7. The van der Waals surface area contributed by atoms with Gasteiger partial charge in [-0.15, -0.1) is 11.3 Å². The van der Waals surface area contributed by atoms with Gasteiger partial charge in [0, 0.05) is 24.0 Å². The first-order valence-corrected chi connectivity index (χ1v) is 8.93. The Morgan fingerprint density at radius 2 is 2.17 bits per heavy atom. The first kappa shape index (κ1) is 15.8. The second kappa shape index (κ2) is 6.97. The van der Waals surface area contributed by atoms with Crippen molar-refractivity contribution in [1.82, 2.24) is 14.5 Å². The fourth-order valence-corrected chi connectivity index (χ4v) is 3.44. The molecular weight excluding hydrogens is 328 g/mol. The number of rotatable bonds is 5. The fraction of sp³-hybridized carbons (Fsp3) is 0.188. The van der Waals surface area contributed by atoms with Gasteiger partial charge in [0.1, 0.15) is 0 Å². The quantitative estimate of drug-likeness (QED) is 0.717. The number of nitrogens with zero attached hydrogens (tertiary/aromatic N) is 3. The number of hydrogen-bond acceptors (Lipinski definition) is 5. The van der Waals surface area contributed by atoms with Gasteiger partial charge in [-0.05, 0) is 31.0 Å². The molecule has 0 radical (unpaired) electrons. The molecule has 0 bridgehead atoms. The van der Waals surface area contributed by atoms with Crippen LogP contribution in [-0.4, -0.2) is 26.2 Å². The van der Waals surface area contributed by atoms with Crippen molar-refractivity contribution in [3.05, 3.63) is 53.3 Å². The third kappa shape index (κ3) is 3.80. The van der Waals surface area contributed by atoms with Crippen molar-refractivity contribution in [3.8, 4) is 5.69 Å². The van der Waals surface area contributed by atoms with Crippen molar-refractivity contribution in [1.29, 1.82) is 0 Å². The Bertz CT molecular complexity index is 811. The van der Waals surface area contributed by atoms with Gasteiger partial charge in [-0.1, -0.05) is 23.9 Å². The van der Waals surface area contributed by atoms with E-state index in [9.17, 15) is 4.79 Å². The second-order valence-corrected chi connectivity index (χ2v) is 6.88. The predicted molar refractivity (Wildman–Crippen MR) is 94.5 cm³/mol. The lowest BCUT2D eigenvalue weighted by atomic mass is 10.1. The maximum Gasteiger partial charge on any atom is 0.236 e. The van der Waals surface area contributed by atoms with Crippen LogP contribution in [0.15, 0.2) is 47.3 Å². The number of anilines is 1. The van der Waals surface area contributed by atoms with Gasteiger partial charge < -0.3 is 5.32 Å². The molecule has 0 aliphatic carbocycles. The molecule has 7 heteroatoms. The zero-order chi connectivity index (χ0) is 16.2. The van der Waals surface area contributed by atoms with Gasteiger partial charge in [0.15, 0.2) is 10.3 Å². The lowest BCUT2D eigenvalue weighted by Crippen LogP contribution is -2.14. The van der Waals surface area contributed by atoms with Crippen LogP contribution in [0.3, 0.4) is 0 Å². The Labute approximate surface area is 142 Å². The number of hydrogen-bond donors (Lipinski definition) is 1. The van der Waals surface area contributed by atoms with Gasteiger partial charge in [0.05, 0.1) is 11.4 Å². The average molecular weight is 344 g/mol. The minimum absolute atomic E-state index is 0.0829. The topological polar surface area (TPSA) is 59.8 Å². The maximum atomic E-state index is 12.0. The number of carbonyl (C=O) groups excluding carboxylic acids is 1. The highest BCUT2D eigenvalue weighted by Crippen LogP contribution is 2.23. The number of aromatic nitrogens is 3. The number of amides is 1. The molecule has 0 fully saturated rings. The highest BCUT2D eigenvalue weighted by Gasteiger charge is 2.11. The summed E-state index contributed by atoms with van der Waals surface area (Å²) in [6.07, 6.45) is 5.34. The Balaban J connectivity index is 1.71. The molecule has 0 unspecified atom stereocenters. The largest absolute Gasteiger partial charge is 0.301 e. The first-order chi connectivity index (χ1) is 11.1. The number of nitrogens with one attached hydrogen (secondary N) is 1. The maximum absolute atomic E-state index is 12.0. The number of aryl methyl sites for hydroxylation is 2. The van der Waals surface area contributed by atoms with Crippen LogP contribution in [0.25, 0.3) is 5.69 Å². The molecule has 2 aromatic heterocycles. The zero-order valence-electron chi connectivity index (χ0n) is 12.8.